The Bertz CT molecular complexity index is 491. The molecule has 0 aliphatic heterocycles. The third-order valence-corrected chi connectivity index (χ3v) is 4.28. The third-order valence-electron chi connectivity index (χ3n) is 4.28. The van der Waals surface area contributed by atoms with Crippen LogP contribution in [0.1, 0.15) is 45.1 Å². The number of hydrogen-bond acceptors (Lipinski definition) is 2. The van der Waals surface area contributed by atoms with E-state index >= 15 is 0 Å². The van der Waals surface area contributed by atoms with Gasteiger partial charge >= 0.3 is 0 Å². The van der Waals surface area contributed by atoms with Crippen LogP contribution in [0.4, 0.5) is 8.78 Å². The molecule has 2 atom stereocenters. The molecule has 0 saturated heterocycles. The second kappa shape index (κ2) is 6.65. The van der Waals surface area contributed by atoms with E-state index in [0.29, 0.717) is 25.4 Å². The highest BCUT2D eigenvalue weighted by molar-refractivity contribution is 5.89. The molecule has 0 radical (unpaired) electrons. The number of Topliss-reactive ketones (excluding diaryl/α,β-unsaturated/α-hetero) is 1. The summed E-state index contributed by atoms with van der Waals surface area (Å²) >= 11 is 0. The summed E-state index contributed by atoms with van der Waals surface area (Å²) in [5.41, 5.74) is -1.03. The van der Waals surface area contributed by atoms with E-state index in [0.717, 1.165) is 12.8 Å². The van der Waals surface area contributed by atoms with Crippen molar-refractivity contribution < 1.29 is 18.3 Å². The van der Waals surface area contributed by atoms with Crippen LogP contribution in [-0.2, 0) is 16.0 Å². The molecule has 2 rings (SSSR count). The number of carbonyl (C=O) groups excluding carboxylic acids is 1. The van der Waals surface area contributed by atoms with E-state index in [2.05, 4.69) is 6.92 Å². The van der Waals surface area contributed by atoms with Crippen LogP contribution in [0, 0.1) is 17.6 Å². The number of rotatable bonds is 5. The van der Waals surface area contributed by atoms with Gasteiger partial charge in [-0.15, -0.1) is 0 Å². The quantitative estimate of drug-likeness (QED) is 0.819. The second-order valence-corrected chi connectivity index (χ2v) is 5.93. The Morgan fingerprint density at radius 3 is 2.62 bits per heavy atom. The zero-order chi connectivity index (χ0) is 15.5. The SMILES string of the molecule is CCOC1(C(=O)Cc2c(F)cccc2F)CCCC(C)C1. The van der Waals surface area contributed by atoms with Gasteiger partial charge in [0.15, 0.2) is 5.78 Å². The predicted octanol–water partition coefficient (Wildman–Crippen LogP) is 4.06. The maximum atomic E-state index is 13.7. The average molecular weight is 296 g/mol. The highest BCUT2D eigenvalue weighted by Crippen LogP contribution is 2.37. The fourth-order valence-corrected chi connectivity index (χ4v) is 3.27. The lowest BCUT2D eigenvalue weighted by Gasteiger charge is -2.38. The topological polar surface area (TPSA) is 26.3 Å². The van der Waals surface area contributed by atoms with Crippen molar-refractivity contribution in [3.8, 4) is 0 Å². The first-order valence-corrected chi connectivity index (χ1v) is 7.58. The Morgan fingerprint density at radius 2 is 2.05 bits per heavy atom. The summed E-state index contributed by atoms with van der Waals surface area (Å²) in [7, 11) is 0. The standard InChI is InChI=1S/C17H22F2O2/c1-3-21-17(9-5-6-12(2)11-17)16(20)10-13-14(18)7-4-8-15(13)19/h4,7-8,12H,3,5-6,9-11H2,1-2H3. The van der Waals surface area contributed by atoms with Crippen LogP contribution >= 0.6 is 0 Å². The van der Waals surface area contributed by atoms with E-state index in [4.69, 9.17) is 4.74 Å². The number of ether oxygens (including phenoxy) is 1. The lowest BCUT2D eigenvalue weighted by atomic mass is 9.75. The van der Waals surface area contributed by atoms with Crippen molar-refractivity contribution in [2.24, 2.45) is 5.92 Å². The van der Waals surface area contributed by atoms with E-state index < -0.39 is 17.2 Å². The van der Waals surface area contributed by atoms with E-state index in [-0.39, 0.29) is 17.8 Å². The molecule has 1 aliphatic rings. The predicted molar refractivity (Wildman–Crippen MR) is 77.1 cm³/mol. The maximum Gasteiger partial charge on any atom is 0.169 e. The number of halogens is 2. The lowest BCUT2D eigenvalue weighted by Crippen LogP contribution is -2.46. The van der Waals surface area contributed by atoms with Gasteiger partial charge in [-0.05, 0) is 44.2 Å². The molecule has 1 aliphatic carbocycles. The second-order valence-electron chi connectivity index (χ2n) is 5.93. The first-order valence-electron chi connectivity index (χ1n) is 7.58. The molecule has 0 heterocycles. The van der Waals surface area contributed by atoms with Crippen LogP contribution in [0.15, 0.2) is 18.2 Å². The van der Waals surface area contributed by atoms with Crippen LogP contribution in [-0.4, -0.2) is 18.0 Å². The normalized spacial score (nSPS) is 25.8. The Balaban J connectivity index is 2.23. The number of benzene rings is 1. The molecule has 116 valence electrons. The first-order chi connectivity index (χ1) is 9.98. The van der Waals surface area contributed by atoms with Crippen molar-refractivity contribution in [3.05, 3.63) is 35.4 Å². The van der Waals surface area contributed by atoms with Gasteiger partial charge in [0, 0.05) is 18.6 Å². The first kappa shape index (κ1) is 16.1. The third kappa shape index (κ3) is 3.49. The molecule has 2 unspecified atom stereocenters. The van der Waals surface area contributed by atoms with Crippen molar-refractivity contribution in [1.82, 2.24) is 0 Å². The van der Waals surface area contributed by atoms with Crippen LogP contribution in [0.2, 0.25) is 0 Å². The maximum absolute atomic E-state index is 13.7. The largest absolute Gasteiger partial charge is 0.367 e. The van der Waals surface area contributed by atoms with Gasteiger partial charge in [-0.1, -0.05) is 19.4 Å². The van der Waals surface area contributed by atoms with E-state index in [9.17, 15) is 13.6 Å². The number of hydrogen-bond donors (Lipinski definition) is 0. The van der Waals surface area contributed by atoms with Crippen LogP contribution in [0.25, 0.3) is 0 Å². The summed E-state index contributed by atoms with van der Waals surface area (Å²) in [6.07, 6.45) is 3.00. The lowest BCUT2D eigenvalue weighted by molar-refractivity contribution is -0.150. The number of ketones is 1. The van der Waals surface area contributed by atoms with Crippen molar-refractivity contribution in [1.29, 1.82) is 0 Å². The summed E-state index contributed by atoms with van der Waals surface area (Å²) in [5, 5.41) is 0. The molecule has 4 heteroatoms. The molecule has 0 amide bonds. The number of carbonyl (C=O) groups is 1. The van der Waals surface area contributed by atoms with Gasteiger partial charge in [0.2, 0.25) is 0 Å². The molecular weight excluding hydrogens is 274 g/mol. The molecule has 0 aromatic heterocycles. The van der Waals surface area contributed by atoms with Gasteiger partial charge in [-0.25, -0.2) is 8.78 Å². The monoisotopic (exact) mass is 296 g/mol. The van der Waals surface area contributed by atoms with Gasteiger partial charge < -0.3 is 4.74 Å². The summed E-state index contributed by atoms with van der Waals surface area (Å²) in [4.78, 5) is 12.7. The average Bonchev–Trinajstić information content (AvgIpc) is 2.43. The van der Waals surface area contributed by atoms with Gasteiger partial charge in [-0.3, -0.25) is 4.79 Å². The van der Waals surface area contributed by atoms with Crippen molar-refractivity contribution in [2.75, 3.05) is 6.61 Å². The highest BCUT2D eigenvalue weighted by Gasteiger charge is 2.42. The molecule has 1 saturated carbocycles. The minimum absolute atomic E-state index is 0.153. The minimum Gasteiger partial charge on any atom is -0.367 e. The Labute approximate surface area is 124 Å². The fourth-order valence-electron chi connectivity index (χ4n) is 3.27. The Morgan fingerprint density at radius 1 is 1.38 bits per heavy atom. The highest BCUT2D eigenvalue weighted by atomic mass is 19.1. The van der Waals surface area contributed by atoms with Crippen molar-refractivity contribution >= 4 is 5.78 Å². The summed E-state index contributed by atoms with van der Waals surface area (Å²) in [6.45, 7) is 4.36. The smallest absolute Gasteiger partial charge is 0.169 e. The minimum atomic E-state index is -0.874. The molecule has 1 aromatic carbocycles. The molecule has 2 nitrogen and oxygen atoms in total. The summed E-state index contributed by atoms with van der Waals surface area (Å²) < 4.78 is 33.2. The van der Waals surface area contributed by atoms with Gasteiger partial charge in [-0.2, -0.15) is 0 Å². The molecule has 0 spiro atoms. The van der Waals surface area contributed by atoms with E-state index in [1.807, 2.05) is 6.92 Å². The van der Waals surface area contributed by atoms with Gasteiger partial charge in [0.1, 0.15) is 17.2 Å². The molecule has 1 fully saturated rings. The Kier molecular flexibility index (Phi) is 5.09. The van der Waals surface area contributed by atoms with Crippen molar-refractivity contribution in [3.63, 3.8) is 0 Å². The molecule has 21 heavy (non-hydrogen) atoms. The van der Waals surface area contributed by atoms with Gasteiger partial charge in [0.25, 0.3) is 0 Å². The summed E-state index contributed by atoms with van der Waals surface area (Å²) in [5.74, 6) is -1.16. The van der Waals surface area contributed by atoms with Crippen LogP contribution in [0.5, 0.6) is 0 Å². The van der Waals surface area contributed by atoms with E-state index in [1.54, 1.807) is 0 Å². The molecule has 0 bridgehead atoms. The molecule has 0 N–H and O–H groups in total. The van der Waals surface area contributed by atoms with Crippen molar-refractivity contribution in [2.45, 2.75) is 51.6 Å². The van der Waals surface area contributed by atoms with Gasteiger partial charge in [0.05, 0.1) is 0 Å². The van der Waals surface area contributed by atoms with E-state index in [1.165, 1.54) is 18.2 Å². The molecular formula is C17H22F2O2. The van der Waals surface area contributed by atoms with Crippen LogP contribution < -0.4 is 0 Å². The zero-order valence-electron chi connectivity index (χ0n) is 12.6. The summed E-state index contributed by atoms with van der Waals surface area (Å²) in [6, 6.07) is 3.67. The Hall–Kier alpha value is -1.29. The fraction of sp³-hybridized carbons (Fsp3) is 0.588. The zero-order valence-corrected chi connectivity index (χ0v) is 12.6. The molecule has 1 aromatic rings. The van der Waals surface area contributed by atoms with Crippen LogP contribution in [0.3, 0.4) is 0 Å².